The monoisotopic (exact) mass is 308 g/mol. The molecular weight excluding hydrogens is 292 g/mol. The fourth-order valence-corrected chi connectivity index (χ4v) is 2.38. The van der Waals surface area contributed by atoms with E-state index in [1.54, 1.807) is 7.11 Å². The van der Waals surface area contributed by atoms with Crippen LogP contribution in [0.1, 0.15) is 22.5 Å². The summed E-state index contributed by atoms with van der Waals surface area (Å²) in [4.78, 5) is 0. The summed E-state index contributed by atoms with van der Waals surface area (Å²) in [6.07, 6.45) is 0. The fraction of sp³-hybridized carbons (Fsp3) is 0.357. The van der Waals surface area contributed by atoms with E-state index >= 15 is 0 Å². The number of methoxy groups -OCH3 is 1. The maximum absolute atomic E-state index is 5.39. The standard InChI is InChI=1S/C14H17BrN2O/c1-9-10(2)16-17(11(9)3)8-12-7-13(15)5-6-14(12)18-4/h5-7H,8H2,1-4H3. The number of aryl methyl sites for hydroxylation is 1. The molecule has 2 rings (SSSR count). The van der Waals surface area contributed by atoms with Gasteiger partial charge < -0.3 is 4.74 Å². The zero-order valence-electron chi connectivity index (χ0n) is 11.1. The smallest absolute Gasteiger partial charge is 0.124 e. The van der Waals surface area contributed by atoms with E-state index in [2.05, 4.69) is 40.9 Å². The van der Waals surface area contributed by atoms with Gasteiger partial charge in [-0.05, 0) is 44.5 Å². The molecular formula is C14H17BrN2O. The largest absolute Gasteiger partial charge is 0.496 e. The van der Waals surface area contributed by atoms with Gasteiger partial charge in [-0.2, -0.15) is 5.10 Å². The first-order valence-electron chi connectivity index (χ1n) is 5.86. The lowest BCUT2D eigenvalue weighted by Gasteiger charge is -2.10. The second kappa shape index (κ2) is 5.14. The van der Waals surface area contributed by atoms with Crippen LogP contribution >= 0.6 is 15.9 Å². The van der Waals surface area contributed by atoms with Crippen molar-refractivity contribution in [1.29, 1.82) is 0 Å². The molecule has 0 aliphatic carbocycles. The minimum Gasteiger partial charge on any atom is -0.496 e. The van der Waals surface area contributed by atoms with Crippen LogP contribution in [-0.4, -0.2) is 16.9 Å². The van der Waals surface area contributed by atoms with Gasteiger partial charge in [-0.25, -0.2) is 0 Å². The predicted octanol–water partition coefficient (Wildman–Crippen LogP) is 3.63. The third-order valence-corrected chi connectivity index (χ3v) is 3.80. The first-order chi connectivity index (χ1) is 8.52. The number of aromatic nitrogens is 2. The molecule has 4 heteroatoms. The zero-order chi connectivity index (χ0) is 13.3. The van der Waals surface area contributed by atoms with E-state index in [1.807, 2.05) is 23.7 Å². The van der Waals surface area contributed by atoms with Crippen molar-refractivity contribution in [3.63, 3.8) is 0 Å². The Morgan fingerprint density at radius 3 is 2.56 bits per heavy atom. The Balaban J connectivity index is 2.39. The number of halogens is 1. The SMILES string of the molecule is COc1ccc(Br)cc1Cn1nc(C)c(C)c1C. The summed E-state index contributed by atoms with van der Waals surface area (Å²) in [6.45, 7) is 6.96. The third kappa shape index (κ3) is 2.43. The summed E-state index contributed by atoms with van der Waals surface area (Å²) in [6, 6.07) is 6.03. The zero-order valence-corrected chi connectivity index (χ0v) is 12.7. The normalized spacial score (nSPS) is 10.7. The van der Waals surface area contributed by atoms with Crippen LogP contribution in [0, 0.1) is 20.8 Å². The molecule has 0 unspecified atom stereocenters. The molecule has 3 nitrogen and oxygen atoms in total. The number of hydrogen-bond acceptors (Lipinski definition) is 2. The Bertz CT molecular complexity index is 575. The van der Waals surface area contributed by atoms with Crippen LogP contribution in [0.25, 0.3) is 0 Å². The molecule has 1 heterocycles. The summed E-state index contributed by atoms with van der Waals surface area (Å²) in [7, 11) is 1.69. The number of rotatable bonds is 3. The van der Waals surface area contributed by atoms with Crippen molar-refractivity contribution >= 4 is 15.9 Å². The number of benzene rings is 1. The Labute approximate surface area is 116 Å². The van der Waals surface area contributed by atoms with Gasteiger partial charge in [0.2, 0.25) is 0 Å². The van der Waals surface area contributed by atoms with Crippen molar-refractivity contribution < 1.29 is 4.74 Å². The second-order valence-electron chi connectivity index (χ2n) is 4.41. The van der Waals surface area contributed by atoms with Crippen molar-refractivity contribution in [3.05, 3.63) is 45.2 Å². The molecule has 0 amide bonds. The molecule has 0 bridgehead atoms. The average Bonchev–Trinajstić information content (AvgIpc) is 2.57. The molecule has 0 saturated carbocycles. The van der Waals surface area contributed by atoms with Gasteiger partial charge in [0.05, 0.1) is 19.3 Å². The molecule has 0 saturated heterocycles. The van der Waals surface area contributed by atoms with Gasteiger partial charge >= 0.3 is 0 Å². The Kier molecular flexibility index (Phi) is 3.76. The maximum atomic E-state index is 5.39. The van der Waals surface area contributed by atoms with Gasteiger partial charge in [0.1, 0.15) is 5.75 Å². The highest BCUT2D eigenvalue weighted by atomic mass is 79.9. The maximum Gasteiger partial charge on any atom is 0.124 e. The molecule has 1 aromatic heterocycles. The first-order valence-corrected chi connectivity index (χ1v) is 6.65. The minimum absolute atomic E-state index is 0.725. The van der Waals surface area contributed by atoms with Crippen molar-refractivity contribution in [2.75, 3.05) is 7.11 Å². The van der Waals surface area contributed by atoms with Crippen LogP contribution in [0.3, 0.4) is 0 Å². The van der Waals surface area contributed by atoms with Crippen molar-refractivity contribution in [3.8, 4) is 5.75 Å². The van der Waals surface area contributed by atoms with E-state index in [4.69, 9.17) is 4.74 Å². The van der Waals surface area contributed by atoms with E-state index in [0.717, 1.165) is 28.0 Å². The second-order valence-corrected chi connectivity index (χ2v) is 5.33. The predicted molar refractivity (Wildman–Crippen MR) is 76.2 cm³/mol. The van der Waals surface area contributed by atoms with E-state index in [1.165, 1.54) is 11.3 Å². The van der Waals surface area contributed by atoms with E-state index in [9.17, 15) is 0 Å². The molecule has 18 heavy (non-hydrogen) atoms. The number of hydrogen-bond donors (Lipinski definition) is 0. The summed E-state index contributed by atoms with van der Waals surface area (Å²) >= 11 is 3.49. The highest BCUT2D eigenvalue weighted by Crippen LogP contribution is 2.24. The van der Waals surface area contributed by atoms with Crippen LogP contribution in [0.15, 0.2) is 22.7 Å². The lowest BCUT2D eigenvalue weighted by Crippen LogP contribution is -2.05. The molecule has 2 aromatic rings. The van der Waals surface area contributed by atoms with Crippen molar-refractivity contribution in [2.24, 2.45) is 0 Å². The highest BCUT2D eigenvalue weighted by molar-refractivity contribution is 9.10. The van der Waals surface area contributed by atoms with Crippen LogP contribution in [-0.2, 0) is 6.54 Å². The summed E-state index contributed by atoms with van der Waals surface area (Å²) in [5, 5.41) is 4.56. The van der Waals surface area contributed by atoms with E-state index in [-0.39, 0.29) is 0 Å². The Hall–Kier alpha value is -1.29. The lowest BCUT2D eigenvalue weighted by atomic mass is 10.2. The molecule has 0 spiro atoms. The molecule has 0 aliphatic heterocycles. The highest BCUT2D eigenvalue weighted by Gasteiger charge is 2.10. The molecule has 96 valence electrons. The molecule has 0 atom stereocenters. The van der Waals surface area contributed by atoms with Crippen LogP contribution in [0.5, 0.6) is 5.75 Å². The molecule has 1 aromatic carbocycles. The minimum atomic E-state index is 0.725. The van der Waals surface area contributed by atoms with Gasteiger partial charge in [-0.1, -0.05) is 15.9 Å². The molecule has 0 aliphatic rings. The van der Waals surface area contributed by atoms with Gasteiger partial charge in [0, 0.05) is 15.7 Å². The lowest BCUT2D eigenvalue weighted by molar-refractivity contribution is 0.407. The topological polar surface area (TPSA) is 27.1 Å². The Morgan fingerprint density at radius 2 is 2.00 bits per heavy atom. The fourth-order valence-electron chi connectivity index (χ4n) is 1.97. The molecule has 0 N–H and O–H groups in total. The first kappa shape index (κ1) is 13.1. The van der Waals surface area contributed by atoms with E-state index < -0.39 is 0 Å². The quantitative estimate of drug-likeness (QED) is 0.866. The van der Waals surface area contributed by atoms with Crippen molar-refractivity contribution in [2.45, 2.75) is 27.3 Å². The van der Waals surface area contributed by atoms with E-state index in [0.29, 0.717) is 0 Å². The van der Waals surface area contributed by atoms with Crippen LogP contribution in [0.2, 0.25) is 0 Å². The number of ether oxygens (including phenoxy) is 1. The van der Waals surface area contributed by atoms with Crippen LogP contribution in [0.4, 0.5) is 0 Å². The van der Waals surface area contributed by atoms with Gasteiger partial charge in [-0.3, -0.25) is 4.68 Å². The molecule has 0 fully saturated rings. The van der Waals surface area contributed by atoms with Gasteiger partial charge in [0.25, 0.3) is 0 Å². The molecule has 0 radical (unpaired) electrons. The van der Waals surface area contributed by atoms with Gasteiger partial charge in [0.15, 0.2) is 0 Å². The Morgan fingerprint density at radius 1 is 1.28 bits per heavy atom. The van der Waals surface area contributed by atoms with Gasteiger partial charge in [-0.15, -0.1) is 0 Å². The van der Waals surface area contributed by atoms with Crippen LogP contribution < -0.4 is 4.74 Å². The summed E-state index contributed by atoms with van der Waals surface area (Å²) < 4.78 is 8.46. The van der Waals surface area contributed by atoms with Crippen molar-refractivity contribution in [1.82, 2.24) is 9.78 Å². The average molecular weight is 309 g/mol. The third-order valence-electron chi connectivity index (χ3n) is 3.31. The number of nitrogens with zero attached hydrogens (tertiary/aromatic N) is 2. The summed E-state index contributed by atoms with van der Waals surface area (Å²) in [5.41, 5.74) is 4.66. The summed E-state index contributed by atoms with van der Waals surface area (Å²) in [5.74, 6) is 0.892.